The summed E-state index contributed by atoms with van der Waals surface area (Å²) in [6.45, 7) is 2.59. The summed E-state index contributed by atoms with van der Waals surface area (Å²) in [6.07, 6.45) is 0. The first-order valence-electron chi connectivity index (χ1n) is 4.71. The number of nitrogens with zero attached hydrogens (tertiary/aromatic N) is 1. The molecule has 0 bridgehead atoms. The molecule has 0 aromatic heterocycles. The van der Waals surface area contributed by atoms with E-state index in [1.165, 1.54) is 6.07 Å². The molecule has 1 aromatic rings. The molecule has 1 aromatic carbocycles. The molecule has 0 spiro atoms. The van der Waals surface area contributed by atoms with Gasteiger partial charge >= 0.3 is 0 Å². The Morgan fingerprint density at radius 2 is 2.20 bits per heavy atom. The van der Waals surface area contributed by atoms with Crippen LogP contribution in [-0.2, 0) is 5.60 Å². The smallest absolute Gasteiger partial charge is 0.272 e. The highest BCUT2D eigenvalue weighted by Gasteiger charge is 2.37. The van der Waals surface area contributed by atoms with E-state index in [1.807, 2.05) is 0 Å². The van der Waals surface area contributed by atoms with E-state index >= 15 is 0 Å². The van der Waals surface area contributed by atoms with Crippen LogP contribution in [0.15, 0.2) is 18.2 Å². The number of hydrogen-bond donors (Lipinski definition) is 2. The van der Waals surface area contributed by atoms with Crippen molar-refractivity contribution in [2.24, 2.45) is 0 Å². The van der Waals surface area contributed by atoms with Crippen molar-refractivity contribution in [3.8, 4) is 0 Å². The topological polar surface area (TPSA) is 75.4 Å². The number of aliphatic hydroxyl groups is 1. The third-order valence-corrected chi connectivity index (χ3v) is 2.78. The molecular weight excluding hydrogens is 196 g/mol. The van der Waals surface area contributed by atoms with Crippen molar-refractivity contribution in [3.63, 3.8) is 0 Å². The average molecular weight is 208 g/mol. The van der Waals surface area contributed by atoms with E-state index in [2.05, 4.69) is 5.32 Å². The van der Waals surface area contributed by atoms with Crippen molar-refractivity contribution < 1.29 is 10.0 Å². The van der Waals surface area contributed by atoms with Gasteiger partial charge in [0.05, 0.1) is 4.92 Å². The van der Waals surface area contributed by atoms with Gasteiger partial charge in [-0.05, 0) is 12.5 Å². The summed E-state index contributed by atoms with van der Waals surface area (Å²) >= 11 is 0. The van der Waals surface area contributed by atoms with Gasteiger partial charge in [0.2, 0.25) is 0 Å². The minimum atomic E-state index is -0.932. The summed E-state index contributed by atoms with van der Waals surface area (Å²) in [4.78, 5) is 10.3. The van der Waals surface area contributed by atoms with E-state index in [4.69, 9.17) is 0 Å². The normalized spacial score (nSPS) is 18.3. The molecular formula is C10H12N2O3. The minimum absolute atomic E-state index is 0.0628. The second-order valence-electron chi connectivity index (χ2n) is 3.89. The maximum absolute atomic E-state index is 10.7. The van der Waals surface area contributed by atoms with Crippen LogP contribution in [0.5, 0.6) is 0 Å². The second kappa shape index (κ2) is 3.29. The van der Waals surface area contributed by atoms with Crippen LogP contribution in [0.2, 0.25) is 0 Å². The summed E-state index contributed by atoms with van der Waals surface area (Å²) in [5.41, 5.74) is 0.351. The number of nitro groups is 1. The summed E-state index contributed by atoms with van der Waals surface area (Å²) < 4.78 is 0. The van der Waals surface area contributed by atoms with Crippen molar-refractivity contribution in [2.75, 3.05) is 13.1 Å². The molecule has 0 aliphatic carbocycles. The molecule has 0 amide bonds. The zero-order chi connectivity index (χ0) is 11.1. The van der Waals surface area contributed by atoms with Crippen LogP contribution < -0.4 is 5.32 Å². The fourth-order valence-electron chi connectivity index (χ4n) is 1.66. The number of nitro benzene ring substituents is 1. The molecule has 2 N–H and O–H groups in total. The molecule has 0 atom stereocenters. The lowest BCUT2D eigenvalue weighted by Crippen LogP contribution is -2.56. The predicted molar refractivity (Wildman–Crippen MR) is 54.6 cm³/mol. The Bertz CT molecular complexity index is 413. The minimum Gasteiger partial charge on any atom is -0.382 e. The molecule has 0 saturated carbocycles. The highest BCUT2D eigenvalue weighted by molar-refractivity contribution is 5.45. The molecule has 1 saturated heterocycles. The fraction of sp³-hybridized carbons (Fsp3) is 0.400. The molecule has 5 nitrogen and oxygen atoms in total. The van der Waals surface area contributed by atoms with Gasteiger partial charge in [-0.1, -0.05) is 12.1 Å². The highest BCUT2D eigenvalue weighted by atomic mass is 16.6. The van der Waals surface area contributed by atoms with Crippen molar-refractivity contribution in [3.05, 3.63) is 39.4 Å². The summed E-state index contributed by atoms with van der Waals surface area (Å²) in [7, 11) is 0. The molecule has 80 valence electrons. The highest BCUT2D eigenvalue weighted by Crippen LogP contribution is 2.29. The first-order chi connectivity index (χ1) is 7.03. The van der Waals surface area contributed by atoms with Crippen LogP contribution in [0.3, 0.4) is 0 Å². The molecule has 0 unspecified atom stereocenters. The molecule has 1 aliphatic rings. The molecule has 15 heavy (non-hydrogen) atoms. The van der Waals surface area contributed by atoms with E-state index in [1.54, 1.807) is 19.1 Å². The Balaban J connectivity index is 2.42. The molecule has 1 fully saturated rings. The third-order valence-electron chi connectivity index (χ3n) is 2.78. The van der Waals surface area contributed by atoms with Gasteiger partial charge in [0.25, 0.3) is 5.69 Å². The Labute approximate surface area is 86.9 Å². The van der Waals surface area contributed by atoms with Gasteiger partial charge in [0.15, 0.2) is 0 Å². The zero-order valence-corrected chi connectivity index (χ0v) is 8.36. The lowest BCUT2D eigenvalue weighted by molar-refractivity contribution is -0.385. The van der Waals surface area contributed by atoms with Crippen LogP contribution in [0.25, 0.3) is 0 Å². The number of nitrogens with one attached hydrogen (secondary N) is 1. The number of β-amino-alcohol motifs (C(OH)–C–C–N with tert-alkyl or cyclic N) is 1. The van der Waals surface area contributed by atoms with Crippen molar-refractivity contribution in [2.45, 2.75) is 12.5 Å². The van der Waals surface area contributed by atoms with Gasteiger partial charge in [-0.3, -0.25) is 10.1 Å². The lowest BCUT2D eigenvalue weighted by atomic mass is 9.87. The van der Waals surface area contributed by atoms with Crippen LogP contribution in [-0.4, -0.2) is 23.1 Å². The van der Waals surface area contributed by atoms with Gasteiger partial charge in [0, 0.05) is 24.7 Å². The monoisotopic (exact) mass is 208 g/mol. The predicted octanol–water partition coefficient (Wildman–Crippen LogP) is 0.694. The van der Waals surface area contributed by atoms with Gasteiger partial charge in [-0.15, -0.1) is 0 Å². The van der Waals surface area contributed by atoms with E-state index in [9.17, 15) is 15.2 Å². The number of benzene rings is 1. The van der Waals surface area contributed by atoms with Gasteiger partial charge in [-0.25, -0.2) is 0 Å². The maximum Gasteiger partial charge on any atom is 0.272 e. The fourth-order valence-corrected chi connectivity index (χ4v) is 1.66. The Hall–Kier alpha value is -1.46. The van der Waals surface area contributed by atoms with E-state index in [0.29, 0.717) is 24.2 Å². The first-order valence-corrected chi connectivity index (χ1v) is 4.71. The van der Waals surface area contributed by atoms with E-state index in [0.717, 1.165) is 0 Å². The van der Waals surface area contributed by atoms with Gasteiger partial charge in [-0.2, -0.15) is 0 Å². The molecule has 1 aliphatic heterocycles. The summed E-state index contributed by atoms with van der Waals surface area (Å²) in [6, 6.07) is 4.86. The van der Waals surface area contributed by atoms with Crippen LogP contribution in [0.4, 0.5) is 5.69 Å². The Kier molecular flexibility index (Phi) is 2.21. The van der Waals surface area contributed by atoms with Crippen molar-refractivity contribution in [1.82, 2.24) is 5.32 Å². The number of hydrogen-bond acceptors (Lipinski definition) is 4. The molecule has 2 rings (SSSR count). The maximum atomic E-state index is 10.7. The average Bonchev–Trinajstić information content (AvgIpc) is 2.14. The standard InChI is InChI=1S/C10H12N2O3/c1-7-2-3-8(4-9(7)12(14)15)10(13)5-11-6-10/h2-4,11,13H,5-6H2,1H3. The quantitative estimate of drug-likeness (QED) is 0.554. The van der Waals surface area contributed by atoms with Gasteiger partial charge < -0.3 is 10.4 Å². The molecule has 5 heteroatoms. The van der Waals surface area contributed by atoms with Crippen LogP contribution >= 0.6 is 0 Å². The third kappa shape index (κ3) is 1.60. The molecule has 1 heterocycles. The SMILES string of the molecule is Cc1ccc(C2(O)CNC2)cc1[N+](=O)[O-]. The summed E-state index contributed by atoms with van der Waals surface area (Å²) in [5.74, 6) is 0. The summed E-state index contributed by atoms with van der Waals surface area (Å²) in [5, 5.41) is 23.7. The Morgan fingerprint density at radius 3 is 2.67 bits per heavy atom. The largest absolute Gasteiger partial charge is 0.382 e. The molecule has 0 radical (unpaired) electrons. The number of aryl methyl sites for hydroxylation is 1. The van der Waals surface area contributed by atoms with E-state index in [-0.39, 0.29) is 5.69 Å². The van der Waals surface area contributed by atoms with Crippen LogP contribution in [0, 0.1) is 17.0 Å². The second-order valence-corrected chi connectivity index (χ2v) is 3.89. The van der Waals surface area contributed by atoms with Crippen LogP contribution in [0.1, 0.15) is 11.1 Å². The first kappa shape index (κ1) is 10.1. The lowest BCUT2D eigenvalue weighted by Gasteiger charge is -2.37. The van der Waals surface area contributed by atoms with E-state index < -0.39 is 10.5 Å². The number of rotatable bonds is 2. The van der Waals surface area contributed by atoms with Crippen molar-refractivity contribution in [1.29, 1.82) is 0 Å². The van der Waals surface area contributed by atoms with Crippen molar-refractivity contribution >= 4 is 5.69 Å². The van der Waals surface area contributed by atoms with Gasteiger partial charge in [0.1, 0.15) is 5.60 Å². The Morgan fingerprint density at radius 1 is 1.53 bits per heavy atom. The zero-order valence-electron chi connectivity index (χ0n) is 8.36.